The van der Waals surface area contributed by atoms with Gasteiger partial charge in [-0.3, -0.25) is 4.79 Å². The molecule has 1 aromatic heterocycles. The zero-order chi connectivity index (χ0) is 16.9. The summed E-state index contributed by atoms with van der Waals surface area (Å²) < 4.78 is 10.6. The van der Waals surface area contributed by atoms with Gasteiger partial charge in [0.2, 0.25) is 5.91 Å². The molecule has 1 atom stereocenters. The van der Waals surface area contributed by atoms with Crippen LogP contribution < -0.4 is 10.1 Å². The van der Waals surface area contributed by atoms with Crippen LogP contribution >= 0.6 is 24.8 Å². The standard InChI is InChI=1S/C17H24N4O3.2ClH/c1-21(17(22)9-12-11-24-8-6-18-12)7-5-16-19-14-4-3-13(23-2)10-15(14)20-16;;/h3-4,10,12,18H,5-9,11H2,1-2H3,(H,19,20);2*1H. The Hall–Kier alpha value is -1.54. The third-order valence-electron chi connectivity index (χ3n) is 4.27. The summed E-state index contributed by atoms with van der Waals surface area (Å²) in [5.41, 5.74) is 1.85. The summed E-state index contributed by atoms with van der Waals surface area (Å²) in [6.07, 6.45) is 1.15. The number of hydrogen-bond acceptors (Lipinski definition) is 5. The Bertz CT molecular complexity index is 704. The predicted molar refractivity (Wildman–Crippen MR) is 106 cm³/mol. The SMILES string of the molecule is COc1ccc2nc(CCN(C)C(=O)CC3COCCN3)[nH]c2c1.Cl.Cl. The molecule has 1 fully saturated rings. The molecule has 2 N–H and O–H groups in total. The molecule has 0 bridgehead atoms. The predicted octanol–water partition coefficient (Wildman–Crippen LogP) is 1.79. The Morgan fingerprint density at radius 1 is 1.42 bits per heavy atom. The Balaban J connectivity index is 0.00000169. The molecular weight excluding hydrogens is 379 g/mol. The molecule has 1 aliphatic heterocycles. The van der Waals surface area contributed by atoms with E-state index >= 15 is 0 Å². The summed E-state index contributed by atoms with van der Waals surface area (Å²) in [5.74, 6) is 1.79. The second-order valence-corrected chi connectivity index (χ2v) is 6.06. The molecule has 9 heteroatoms. The number of nitrogens with zero attached hydrogens (tertiary/aromatic N) is 2. The van der Waals surface area contributed by atoms with Gasteiger partial charge in [-0.05, 0) is 12.1 Å². The number of aromatic nitrogens is 2. The first-order valence-corrected chi connectivity index (χ1v) is 8.23. The third-order valence-corrected chi connectivity index (χ3v) is 4.27. The number of methoxy groups -OCH3 is 1. The van der Waals surface area contributed by atoms with Crippen LogP contribution in [-0.4, -0.2) is 67.3 Å². The minimum Gasteiger partial charge on any atom is -0.497 e. The maximum absolute atomic E-state index is 12.3. The maximum Gasteiger partial charge on any atom is 0.223 e. The number of halogens is 2. The fraction of sp³-hybridized carbons (Fsp3) is 0.529. The lowest BCUT2D eigenvalue weighted by atomic mass is 10.2. The van der Waals surface area contributed by atoms with Gasteiger partial charge in [0.25, 0.3) is 0 Å². The molecule has 7 nitrogen and oxygen atoms in total. The van der Waals surface area contributed by atoms with Crippen molar-refractivity contribution in [2.45, 2.75) is 18.9 Å². The summed E-state index contributed by atoms with van der Waals surface area (Å²) in [5, 5.41) is 3.30. The van der Waals surface area contributed by atoms with Crippen LogP contribution in [-0.2, 0) is 16.0 Å². The Labute approximate surface area is 165 Å². The highest BCUT2D eigenvalue weighted by molar-refractivity contribution is 5.85. The van der Waals surface area contributed by atoms with Crippen LogP contribution in [0.4, 0.5) is 0 Å². The van der Waals surface area contributed by atoms with Crippen molar-refractivity contribution in [3.05, 3.63) is 24.0 Å². The number of rotatable bonds is 6. The molecule has 1 aliphatic rings. The molecule has 0 aliphatic carbocycles. The number of benzene rings is 1. The van der Waals surface area contributed by atoms with Crippen molar-refractivity contribution in [2.24, 2.45) is 0 Å². The lowest BCUT2D eigenvalue weighted by molar-refractivity contribution is -0.131. The topological polar surface area (TPSA) is 79.5 Å². The van der Waals surface area contributed by atoms with Crippen molar-refractivity contribution in [2.75, 3.05) is 40.5 Å². The van der Waals surface area contributed by atoms with E-state index < -0.39 is 0 Å². The van der Waals surface area contributed by atoms with Gasteiger partial charge >= 0.3 is 0 Å². The van der Waals surface area contributed by atoms with Crippen molar-refractivity contribution < 1.29 is 14.3 Å². The van der Waals surface area contributed by atoms with Gasteiger partial charge in [-0.25, -0.2) is 4.98 Å². The molecule has 1 amide bonds. The van der Waals surface area contributed by atoms with Crippen LogP contribution in [0, 0.1) is 0 Å². The van der Waals surface area contributed by atoms with Crippen LogP contribution in [0.5, 0.6) is 5.75 Å². The van der Waals surface area contributed by atoms with Gasteiger partial charge < -0.3 is 24.7 Å². The second kappa shape index (κ2) is 10.6. The van der Waals surface area contributed by atoms with Gasteiger partial charge in [-0.2, -0.15) is 0 Å². The summed E-state index contributed by atoms with van der Waals surface area (Å²) in [6.45, 7) is 2.76. The lowest BCUT2D eigenvalue weighted by Gasteiger charge is -2.25. The molecule has 26 heavy (non-hydrogen) atoms. The van der Waals surface area contributed by atoms with Crippen LogP contribution in [0.25, 0.3) is 11.0 Å². The van der Waals surface area contributed by atoms with Crippen LogP contribution in [0.15, 0.2) is 18.2 Å². The van der Waals surface area contributed by atoms with Gasteiger partial charge in [0.15, 0.2) is 0 Å². The molecule has 0 spiro atoms. The molecule has 0 radical (unpaired) electrons. The molecule has 2 heterocycles. The number of aromatic amines is 1. The van der Waals surface area contributed by atoms with E-state index in [2.05, 4.69) is 15.3 Å². The highest BCUT2D eigenvalue weighted by atomic mass is 35.5. The van der Waals surface area contributed by atoms with E-state index in [-0.39, 0.29) is 36.8 Å². The first-order valence-electron chi connectivity index (χ1n) is 8.23. The molecule has 1 saturated heterocycles. The normalized spacial score (nSPS) is 16.5. The summed E-state index contributed by atoms with van der Waals surface area (Å²) in [6, 6.07) is 5.86. The van der Waals surface area contributed by atoms with E-state index in [9.17, 15) is 4.79 Å². The van der Waals surface area contributed by atoms with Crippen molar-refractivity contribution >= 4 is 41.8 Å². The fourth-order valence-electron chi connectivity index (χ4n) is 2.80. The second-order valence-electron chi connectivity index (χ2n) is 6.06. The van der Waals surface area contributed by atoms with Gasteiger partial charge in [-0.15, -0.1) is 24.8 Å². The fourth-order valence-corrected chi connectivity index (χ4v) is 2.80. The molecule has 3 rings (SSSR count). The largest absolute Gasteiger partial charge is 0.497 e. The zero-order valence-electron chi connectivity index (χ0n) is 15.0. The van der Waals surface area contributed by atoms with Gasteiger partial charge in [0.05, 0.1) is 31.4 Å². The summed E-state index contributed by atoms with van der Waals surface area (Å²) >= 11 is 0. The van der Waals surface area contributed by atoms with E-state index in [4.69, 9.17) is 9.47 Å². The highest BCUT2D eigenvalue weighted by Crippen LogP contribution is 2.18. The summed E-state index contributed by atoms with van der Waals surface area (Å²) in [4.78, 5) is 21.9. The number of H-pyrrole nitrogens is 1. The zero-order valence-corrected chi connectivity index (χ0v) is 16.6. The Morgan fingerprint density at radius 3 is 2.92 bits per heavy atom. The van der Waals surface area contributed by atoms with E-state index in [1.54, 1.807) is 12.0 Å². The number of carbonyl (C=O) groups is 1. The molecule has 0 saturated carbocycles. The van der Waals surface area contributed by atoms with E-state index in [0.29, 0.717) is 26.0 Å². The summed E-state index contributed by atoms with van der Waals surface area (Å²) in [7, 11) is 3.48. The lowest BCUT2D eigenvalue weighted by Crippen LogP contribution is -2.44. The number of hydrogen-bond donors (Lipinski definition) is 2. The number of likely N-dealkylation sites (N-methyl/N-ethyl adjacent to an activating group) is 1. The van der Waals surface area contributed by atoms with E-state index in [1.165, 1.54) is 0 Å². The van der Waals surface area contributed by atoms with E-state index in [0.717, 1.165) is 35.8 Å². The molecular formula is C17H26Cl2N4O3. The molecule has 1 unspecified atom stereocenters. The first kappa shape index (κ1) is 22.5. The van der Waals surface area contributed by atoms with Crippen molar-refractivity contribution in [3.8, 4) is 5.75 Å². The van der Waals surface area contributed by atoms with Crippen LogP contribution in [0.3, 0.4) is 0 Å². The average molecular weight is 405 g/mol. The number of fused-ring (bicyclic) bond motifs is 1. The molecule has 2 aromatic rings. The van der Waals surface area contributed by atoms with Crippen molar-refractivity contribution in [1.82, 2.24) is 20.2 Å². The Kier molecular flexibility index (Phi) is 9.15. The minimum atomic E-state index is 0. The highest BCUT2D eigenvalue weighted by Gasteiger charge is 2.19. The monoisotopic (exact) mass is 404 g/mol. The number of morpholine rings is 1. The smallest absolute Gasteiger partial charge is 0.223 e. The van der Waals surface area contributed by atoms with Crippen molar-refractivity contribution in [3.63, 3.8) is 0 Å². The number of nitrogens with one attached hydrogen (secondary N) is 2. The van der Waals surface area contributed by atoms with Gasteiger partial charge in [0.1, 0.15) is 11.6 Å². The van der Waals surface area contributed by atoms with Crippen LogP contribution in [0.1, 0.15) is 12.2 Å². The quantitative estimate of drug-likeness (QED) is 0.766. The number of ether oxygens (including phenoxy) is 2. The maximum atomic E-state index is 12.3. The van der Waals surface area contributed by atoms with Gasteiger partial charge in [0, 0.05) is 45.1 Å². The number of amides is 1. The molecule has 146 valence electrons. The van der Waals surface area contributed by atoms with E-state index in [1.807, 2.05) is 25.2 Å². The average Bonchev–Trinajstić information content (AvgIpc) is 3.02. The third kappa shape index (κ3) is 5.74. The van der Waals surface area contributed by atoms with Gasteiger partial charge in [-0.1, -0.05) is 0 Å². The van der Waals surface area contributed by atoms with Crippen molar-refractivity contribution in [1.29, 1.82) is 0 Å². The number of imidazole rings is 1. The number of carbonyl (C=O) groups excluding carboxylic acids is 1. The first-order chi connectivity index (χ1) is 11.7. The Morgan fingerprint density at radius 2 is 2.23 bits per heavy atom. The minimum absolute atomic E-state index is 0. The molecule has 1 aromatic carbocycles. The van der Waals surface area contributed by atoms with Crippen LogP contribution in [0.2, 0.25) is 0 Å².